The molecule has 1 atom stereocenters. The third-order valence-corrected chi connectivity index (χ3v) is 2.65. The monoisotopic (exact) mass is 173 g/mol. The maximum Gasteiger partial charge on any atom is 0.00626 e. The Morgan fingerprint density at radius 1 is 1.09 bits per heavy atom. The van der Waals surface area contributed by atoms with Crippen LogP contribution in [-0.2, 0) is 0 Å². The zero-order chi connectivity index (χ0) is 8.53. The van der Waals surface area contributed by atoms with E-state index in [1.165, 1.54) is 38.5 Å². The minimum Gasteiger partial charge on any atom is -0.0939 e. The van der Waals surface area contributed by atoms with E-state index in [1.54, 1.807) is 0 Å². The van der Waals surface area contributed by atoms with Gasteiger partial charge in [0.05, 0.1) is 0 Å². The molecule has 1 unspecified atom stereocenters. The second kappa shape index (κ2) is 8.45. The van der Waals surface area contributed by atoms with Crippen LogP contribution in [0.25, 0.3) is 0 Å². The van der Waals surface area contributed by atoms with Crippen LogP contribution in [0.4, 0.5) is 0 Å². The van der Waals surface area contributed by atoms with Crippen LogP contribution in [0.15, 0.2) is 0 Å². The molecular formula is C10H21S. The van der Waals surface area contributed by atoms with E-state index >= 15 is 0 Å². The van der Waals surface area contributed by atoms with Crippen LogP contribution in [0.2, 0.25) is 0 Å². The van der Waals surface area contributed by atoms with Crippen molar-refractivity contribution in [2.24, 2.45) is 5.92 Å². The molecule has 0 fully saturated rings. The van der Waals surface area contributed by atoms with Crippen LogP contribution in [0.5, 0.6) is 0 Å². The Morgan fingerprint density at radius 2 is 1.73 bits per heavy atom. The highest BCUT2D eigenvalue weighted by Gasteiger charge is 1.97. The molecule has 0 spiro atoms. The van der Waals surface area contributed by atoms with Crippen molar-refractivity contribution < 1.29 is 0 Å². The molecule has 0 heterocycles. The van der Waals surface area contributed by atoms with Crippen molar-refractivity contribution >= 4 is 12.6 Å². The molecule has 0 aromatic carbocycles. The first kappa shape index (κ1) is 11.4. The summed E-state index contributed by atoms with van der Waals surface area (Å²) in [5.41, 5.74) is 0. The van der Waals surface area contributed by atoms with Crippen molar-refractivity contribution in [2.45, 2.75) is 52.4 Å². The number of unbranched alkanes of at least 4 members (excludes halogenated alkanes) is 4. The summed E-state index contributed by atoms with van der Waals surface area (Å²) in [7, 11) is 0. The SMILES string of the molecule is CCCCCCCC(C)C[S]. The van der Waals surface area contributed by atoms with Crippen molar-refractivity contribution in [1.82, 2.24) is 0 Å². The largest absolute Gasteiger partial charge is 0.0939 e. The molecule has 0 amide bonds. The van der Waals surface area contributed by atoms with E-state index in [0.717, 1.165) is 11.7 Å². The topological polar surface area (TPSA) is 0 Å². The standard InChI is InChI=1S/C10H21S/c1-3-4-5-6-7-8-10(2)9-11/h10H,3-9H2,1-2H3. The zero-order valence-electron chi connectivity index (χ0n) is 7.94. The summed E-state index contributed by atoms with van der Waals surface area (Å²) in [6.45, 7) is 4.51. The molecule has 0 saturated carbocycles. The minimum absolute atomic E-state index is 0.770. The lowest BCUT2D eigenvalue weighted by Gasteiger charge is -2.05. The molecule has 0 nitrogen and oxygen atoms in total. The van der Waals surface area contributed by atoms with Crippen molar-refractivity contribution in [3.05, 3.63) is 0 Å². The average molecular weight is 173 g/mol. The number of rotatable bonds is 7. The molecule has 0 aliphatic rings. The summed E-state index contributed by atoms with van der Waals surface area (Å²) in [4.78, 5) is 0. The Kier molecular flexibility index (Phi) is 8.72. The van der Waals surface area contributed by atoms with Gasteiger partial charge in [0.2, 0.25) is 0 Å². The van der Waals surface area contributed by atoms with Gasteiger partial charge < -0.3 is 0 Å². The Morgan fingerprint density at radius 3 is 2.27 bits per heavy atom. The van der Waals surface area contributed by atoms with Crippen LogP contribution in [0.1, 0.15) is 52.4 Å². The highest BCUT2D eigenvalue weighted by Crippen LogP contribution is 2.11. The highest BCUT2D eigenvalue weighted by atomic mass is 32.1. The van der Waals surface area contributed by atoms with Gasteiger partial charge in [-0.1, -0.05) is 58.6 Å². The predicted octanol–water partition coefficient (Wildman–Crippen LogP) is 4.18. The summed E-state index contributed by atoms with van der Waals surface area (Å²) in [6.07, 6.45) is 8.30. The van der Waals surface area contributed by atoms with Crippen molar-refractivity contribution in [1.29, 1.82) is 0 Å². The predicted molar refractivity (Wildman–Crippen MR) is 55.0 cm³/mol. The molecule has 1 heteroatoms. The van der Waals surface area contributed by atoms with E-state index in [4.69, 9.17) is 12.6 Å². The van der Waals surface area contributed by atoms with E-state index in [2.05, 4.69) is 13.8 Å². The van der Waals surface area contributed by atoms with Gasteiger partial charge in [0.25, 0.3) is 0 Å². The van der Waals surface area contributed by atoms with Gasteiger partial charge in [0, 0.05) is 5.75 Å². The van der Waals surface area contributed by atoms with E-state index in [9.17, 15) is 0 Å². The van der Waals surface area contributed by atoms with Crippen molar-refractivity contribution in [2.75, 3.05) is 5.75 Å². The Hall–Kier alpha value is 0.350. The molecule has 11 heavy (non-hydrogen) atoms. The first-order valence-corrected chi connectivity index (χ1v) is 5.47. The first-order valence-electron chi connectivity index (χ1n) is 4.89. The van der Waals surface area contributed by atoms with Gasteiger partial charge in [-0.2, -0.15) is 0 Å². The fourth-order valence-corrected chi connectivity index (χ4v) is 1.35. The number of hydrogen-bond donors (Lipinski definition) is 0. The quantitative estimate of drug-likeness (QED) is 0.507. The molecular weight excluding hydrogens is 152 g/mol. The number of hydrogen-bond acceptors (Lipinski definition) is 0. The lowest BCUT2D eigenvalue weighted by atomic mass is 10.0. The zero-order valence-corrected chi connectivity index (χ0v) is 8.75. The summed E-state index contributed by atoms with van der Waals surface area (Å²) >= 11 is 4.98. The maximum absolute atomic E-state index is 4.98. The van der Waals surface area contributed by atoms with E-state index in [1.807, 2.05) is 0 Å². The first-order chi connectivity index (χ1) is 5.31. The fraction of sp³-hybridized carbons (Fsp3) is 1.00. The average Bonchev–Trinajstić information content (AvgIpc) is 2.04. The lowest BCUT2D eigenvalue weighted by molar-refractivity contribution is 0.525. The molecule has 1 radical (unpaired) electrons. The van der Waals surface area contributed by atoms with Crippen molar-refractivity contribution in [3.63, 3.8) is 0 Å². The van der Waals surface area contributed by atoms with Gasteiger partial charge in [0.1, 0.15) is 0 Å². The van der Waals surface area contributed by atoms with Crippen LogP contribution in [0, 0.1) is 5.92 Å². The molecule has 0 rings (SSSR count). The van der Waals surface area contributed by atoms with Gasteiger partial charge >= 0.3 is 0 Å². The Balaban J connectivity index is 2.89. The Bertz CT molecular complexity index is 71.3. The molecule has 0 N–H and O–H groups in total. The minimum atomic E-state index is 0.770. The van der Waals surface area contributed by atoms with Crippen molar-refractivity contribution in [3.8, 4) is 0 Å². The molecule has 0 saturated heterocycles. The molecule has 67 valence electrons. The third-order valence-electron chi connectivity index (χ3n) is 2.08. The van der Waals surface area contributed by atoms with Gasteiger partial charge in [-0.15, -0.1) is 0 Å². The van der Waals surface area contributed by atoms with Crippen LogP contribution in [0.3, 0.4) is 0 Å². The second-order valence-corrected chi connectivity index (χ2v) is 3.81. The van der Waals surface area contributed by atoms with Crippen LogP contribution >= 0.6 is 12.6 Å². The highest BCUT2D eigenvalue weighted by molar-refractivity contribution is 7.80. The van der Waals surface area contributed by atoms with E-state index in [-0.39, 0.29) is 0 Å². The summed E-state index contributed by atoms with van der Waals surface area (Å²) in [5.74, 6) is 1.71. The molecule has 0 bridgehead atoms. The lowest BCUT2D eigenvalue weighted by Crippen LogP contribution is -1.95. The van der Waals surface area contributed by atoms with Gasteiger partial charge in [0.15, 0.2) is 0 Å². The molecule has 0 aliphatic carbocycles. The van der Waals surface area contributed by atoms with Crippen LogP contribution < -0.4 is 0 Å². The Labute approximate surface area is 77.2 Å². The van der Waals surface area contributed by atoms with E-state index in [0.29, 0.717) is 0 Å². The maximum atomic E-state index is 4.98. The van der Waals surface area contributed by atoms with E-state index < -0.39 is 0 Å². The second-order valence-electron chi connectivity index (χ2n) is 3.47. The fourth-order valence-electron chi connectivity index (χ4n) is 1.18. The third kappa shape index (κ3) is 8.25. The molecule has 0 aromatic heterocycles. The molecule has 0 aliphatic heterocycles. The summed E-state index contributed by atoms with van der Waals surface area (Å²) < 4.78 is 0. The summed E-state index contributed by atoms with van der Waals surface area (Å²) in [5, 5.41) is 0. The smallest absolute Gasteiger partial charge is 0.00626 e. The summed E-state index contributed by atoms with van der Waals surface area (Å²) in [6, 6.07) is 0. The van der Waals surface area contributed by atoms with Gasteiger partial charge in [-0.05, 0) is 12.3 Å². The molecule has 0 aromatic rings. The van der Waals surface area contributed by atoms with Crippen LogP contribution in [-0.4, -0.2) is 5.75 Å². The van der Waals surface area contributed by atoms with Gasteiger partial charge in [-0.3, -0.25) is 0 Å². The normalized spacial score (nSPS) is 13.4. The van der Waals surface area contributed by atoms with Gasteiger partial charge in [-0.25, -0.2) is 0 Å².